The normalized spacial score (nSPS) is 11.0. The molecule has 0 unspecified atom stereocenters. The summed E-state index contributed by atoms with van der Waals surface area (Å²) in [5.74, 6) is 0.112. The van der Waals surface area contributed by atoms with Gasteiger partial charge in [0.05, 0.1) is 11.3 Å². The lowest BCUT2D eigenvalue weighted by Gasteiger charge is -2.08. The van der Waals surface area contributed by atoms with Crippen molar-refractivity contribution in [2.24, 2.45) is 5.92 Å². The van der Waals surface area contributed by atoms with E-state index in [0.29, 0.717) is 39.6 Å². The van der Waals surface area contributed by atoms with Crippen LogP contribution >= 0.6 is 23.2 Å². The number of aryl methyl sites for hydroxylation is 2. The third-order valence-electron chi connectivity index (χ3n) is 3.26. The van der Waals surface area contributed by atoms with Crippen molar-refractivity contribution in [3.63, 3.8) is 0 Å². The molecule has 0 fully saturated rings. The molecule has 0 aliphatic heterocycles. The second-order valence-corrected chi connectivity index (χ2v) is 6.51. The molecular weight excluding hydrogens is 321 g/mol. The summed E-state index contributed by atoms with van der Waals surface area (Å²) < 4.78 is 1.67. The number of nitrogens with zero attached hydrogens (tertiary/aromatic N) is 2. The third kappa shape index (κ3) is 3.62. The predicted octanol–water partition coefficient (Wildman–Crippen LogP) is 4.72. The smallest absolute Gasteiger partial charge is 0.260 e. The second kappa shape index (κ2) is 6.71. The van der Waals surface area contributed by atoms with Gasteiger partial charge in [-0.05, 0) is 37.5 Å². The average molecular weight is 340 g/mol. The van der Waals surface area contributed by atoms with Crippen molar-refractivity contribution < 1.29 is 4.79 Å². The van der Waals surface area contributed by atoms with Crippen LogP contribution in [0.1, 0.15) is 35.5 Å². The number of nitrogens with one attached hydrogen (secondary N) is 1. The van der Waals surface area contributed by atoms with E-state index < -0.39 is 0 Å². The lowest BCUT2D eigenvalue weighted by Crippen LogP contribution is -2.13. The summed E-state index contributed by atoms with van der Waals surface area (Å²) in [4.78, 5) is 12.5. The molecule has 0 spiro atoms. The Balaban J connectivity index is 2.26. The Morgan fingerprint density at radius 2 is 2.00 bits per heavy atom. The first-order valence-corrected chi connectivity index (χ1v) is 7.85. The summed E-state index contributed by atoms with van der Waals surface area (Å²) in [6, 6.07) is 5.38. The molecule has 0 saturated heterocycles. The first-order valence-electron chi connectivity index (χ1n) is 7.10. The molecule has 0 aliphatic carbocycles. The second-order valence-electron chi connectivity index (χ2n) is 5.75. The van der Waals surface area contributed by atoms with Crippen LogP contribution in [0.5, 0.6) is 0 Å². The lowest BCUT2D eigenvalue weighted by molar-refractivity contribution is 0.102. The molecular formula is C16H19Cl2N3O. The van der Waals surface area contributed by atoms with Gasteiger partial charge in [-0.1, -0.05) is 43.1 Å². The number of hydrogen-bond acceptors (Lipinski definition) is 2. The van der Waals surface area contributed by atoms with E-state index in [1.807, 2.05) is 13.0 Å². The van der Waals surface area contributed by atoms with Gasteiger partial charge in [0, 0.05) is 17.3 Å². The Hall–Kier alpha value is -1.52. The van der Waals surface area contributed by atoms with Crippen molar-refractivity contribution in [3.8, 4) is 0 Å². The van der Waals surface area contributed by atoms with E-state index in [1.54, 1.807) is 23.7 Å². The Morgan fingerprint density at radius 3 is 2.59 bits per heavy atom. The number of carbonyl (C=O) groups excluding carboxylic acids is 1. The molecule has 2 aromatic rings. The summed E-state index contributed by atoms with van der Waals surface area (Å²) in [5.41, 5.74) is 2.60. The van der Waals surface area contributed by atoms with Crippen LogP contribution in [-0.2, 0) is 6.54 Å². The standard InChI is InChI=1S/C16H19Cl2N3O/c1-9(2)8-21-15(18)14(11(4)20-21)16(22)19-12-6-5-10(3)13(17)7-12/h5-7,9H,8H2,1-4H3,(H,19,22). The molecule has 1 aromatic carbocycles. The molecule has 1 heterocycles. The van der Waals surface area contributed by atoms with E-state index >= 15 is 0 Å². The lowest BCUT2D eigenvalue weighted by atomic mass is 10.2. The van der Waals surface area contributed by atoms with Crippen molar-refractivity contribution in [2.75, 3.05) is 5.32 Å². The minimum absolute atomic E-state index is 0.280. The van der Waals surface area contributed by atoms with Crippen molar-refractivity contribution in [1.29, 1.82) is 0 Å². The van der Waals surface area contributed by atoms with Crippen molar-refractivity contribution in [1.82, 2.24) is 9.78 Å². The Bertz CT molecular complexity index is 708. The topological polar surface area (TPSA) is 46.9 Å². The average Bonchev–Trinajstić information content (AvgIpc) is 2.68. The van der Waals surface area contributed by atoms with Gasteiger partial charge in [0.25, 0.3) is 5.91 Å². The van der Waals surface area contributed by atoms with Crippen LogP contribution in [-0.4, -0.2) is 15.7 Å². The quantitative estimate of drug-likeness (QED) is 0.876. The summed E-state index contributed by atoms with van der Waals surface area (Å²) >= 11 is 12.4. The van der Waals surface area contributed by atoms with Crippen LogP contribution in [0, 0.1) is 19.8 Å². The first kappa shape index (κ1) is 16.8. The predicted molar refractivity (Wildman–Crippen MR) is 91.0 cm³/mol. The molecule has 0 atom stereocenters. The molecule has 6 heteroatoms. The van der Waals surface area contributed by atoms with Crippen LogP contribution in [0.25, 0.3) is 0 Å². The fourth-order valence-electron chi connectivity index (χ4n) is 2.14. The molecule has 22 heavy (non-hydrogen) atoms. The van der Waals surface area contributed by atoms with Crippen LogP contribution in [0.4, 0.5) is 5.69 Å². The Labute approximate surface area is 140 Å². The van der Waals surface area contributed by atoms with Gasteiger partial charge in [0.15, 0.2) is 0 Å². The number of rotatable bonds is 4. The van der Waals surface area contributed by atoms with E-state index in [1.165, 1.54) is 0 Å². The molecule has 0 saturated carbocycles. The molecule has 2 rings (SSSR count). The molecule has 0 aliphatic rings. The van der Waals surface area contributed by atoms with Gasteiger partial charge in [-0.3, -0.25) is 9.48 Å². The minimum Gasteiger partial charge on any atom is -0.322 e. The zero-order chi connectivity index (χ0) is 16.4. The van der Waals surface area contributed by atoms with Crippen LogP contribution in [0.3, 0.4) is 0 Å². The molecule has 1 amide bonds. The zero-order valence-corrected chi connectivity index (χ0v) is 14.6. The molecule has 0 radical (unpaired) electrons. The highest BCUT2D eigenvalue weighted by molar-refractivity contribution is 6.34. The van der Waals surface area contributed by atoms with Gasteiger partial charge in [0.1, 0.15) is 5.15 Å². The summed E-state index contributed by atoms with van der Waals surface area (Å²) in [7, 11) is 0. The summed E-state index contributed by atoms with van der Waals surface area (Å²) in [5, 5.41) is 8.13. The van der Waals surface area contributed by atoms with E-state index in [9.17, 15) is 4.79 Å². The van der Waals surface area contributed by atoms with Gasteiger partial charge in [0.2, 0.25) is 0 Å². The SMILES string of the molecule is Cc1ccc(NC(=O)c2c(C)nn(CC(C)C)c2Cl)cc1Cl. The van der Waals surface area contributed by atoms with Crippen molar-refractivity contribution in [3.05, 3.63) is 45.2 Å². The van der Waals surface area contributed by atoms with E-state index in [0.717, 1.165) is 5.56 Å². The van der Waals surface area contributed by atoms with E-state index in [2.05, 4.69) is 24.3 Å². The maximum Gasteiger partial charge on any atom is 0.260 e. The van der Waals surface area contributed by atoms with Gasteiger partial charge < -0.3 is 5.32 Å². The Morgan fingerprint density at radius 1 is 1.32 bits per heavy atom. The van der Waals surface area contributed by atoms with Crippen molar-refractivity contribution >= 4 is 34.8 Å². The largest absolute Gasteiger partial charge is 0.322 e. The molecule has 1 aromatic heterocycles. The minimum atomic E-state index is -0.280. The van der Waals surface area contributed by atoms with E-state index in [4.69, 9.17) is 23.2 Å². The monoisotopic (exact) mass is 339 g/mol. The molecule has 118 valence electrons. The molecule has 0 bridgehead atoms. The highest BCUT2D eigenvalue weighted by Gasteiger charge is 2.20. The van der Waals surface area contributed by atoms with Crippen LogP contribution in [0.15, 0.2) is 18.2 Å². The number of anilines is 1. The summed E-state index contributed by atoms with van der Waals surface area (Å²) in [6.45, 7) is 8.50. The molecule has 4 nitrogen and oxygen atoms in total. The van der Waals surface area contributed by atoms with E-state index in [-0.39, 0.29) is 5.91 Å². The number of hydrogen-bond donors (Lipinski definition) is 1. The maximum absolute atomic E-state index is 12.5. The maximum atomic E-state index is 12.5. The number of aromatic nitrogens is 2. The van der Waals surface area contributed by atoms with Gasteiger partial charge >= 0.3 is 0 Å². The number of amides is 1. The fraction of sp³-hybridized carbons (Fsp3) is 0.375. The first-order chi connectivity index (χ1) is 10.3. The fourth-order valence-corrected chi connectivity index (χ4v) is 2.65. The highest BCUT2D eigenvalue weighted by atomic mass is 35.5. The molecule has 1 N–H and O–H groups in total. The number of carbonyl (C=O) groups is 1. The van der Waals surface area contributed by atoms with Gasteiger partial charge in [-0.25, -0.2) is 0 Å². The third-order valence-corrected chi connectivity index (χ3v) is 4.05. The van der Waals surface area contributed by atoms with Crippen LogP contribution < -0.4 is 5.32 Å². The number of halogens is 2. The zero-order valence-electron chi connectivity index (χ0n) is 13.1. The Kier molecular flexibility index (Phi) is 5.14. The van der Waals surface area contributed by atoms with Gasteiger partial charge in [-0.2, -0.15) is 5.10 Å². The van der Waals surface area contributed by atoms with Gasteiger partial charge in [-0.15, -0.1) is 0 Å². The van der Waals surface area contributed by atoms with Crippen molar-refractivity contribution in [2.45, 2.75) is 34.2 Å². The highest BCUT2D eigenvalue weighted by Crippen LogP contribution is 2.24. The number of benzene rings is 1. The summed E-state index contributed by atoms with van der Waals surface area (Å²) in [6.07, 6.45) is 0. The van der Waals surface area contributed by atoms with Crippen LogP contribution in [0.2, 0.25) is 10.2 Å².